The summed E-state index contributed by atoms with van der Waals surface area (Å²) < 4.78 is 10.9. The Bertz CT molecular complexity index is 602. The van der Waals surface area contributed by atoms with Crippen molar-refractivity contribution in [1.29, 1.82) is 0 Å². The maximum absolute atomic E-state index is 12.1. The molecule has 3 rings (SSSR count). The molecule has 1 aromatic carbocycles. The van der Waals surface area contributed by atoms with Crippen LogP contribution in [0.3, 0.4) is 0 Å². The minimum absolute atomic E-state index is 0.0854. The van der Waals surface area contributed by atoms with Gasteiger partial charge < -0.3 is 20.1 Å². The fraction of sp³-hybridized carbons (Fsp3) is 0.529. The van der Waals surface area contributed by atoms with Crippen LogP contribution in [0, 0.1) is 5.92 Å². The van der Waals surface area contributed by atoms with Gasteiger partial charge in [-0.1, -0.05) is 19.8 Å². The van der Waals surface area contributed by atoms with E-state index in [1.165, 1.54) is 6.42 Å². The number of anilines is 1. The molecule has 2 atom stereocenters. The van der Waals surface area contributed by atoms with E-state index >= 15 is 0 Å². The van der Waals surface area contributed by atoms with Crippen LogP contribution >= 0.6 is 0 Å². The Kier molecular flexibility index (Phi) is 4.69. The average molecular weight is 318 g/mol. The van der Waals surface area contributed by atoms with Gasteiger partial charge in [0.2, 0.25) is 0 Å². The zero-order valence-corrected chi connectivity index (χ0v) is 13.3. The van der Waals surface area contributed by atoms with Crippen molar-refractivity contribution in [3.05, 3.63) is 18.2 Å². The van der Waals surface area contributed by atoms with Gasteiger partial charge in [0.1, 0.15) is 13.2 Å². The normalized spacial score (nSPS) is 23.0. The van der Waals surface area contributed by atoms with E-state index in [9.17, 15) is 9.59 Å². The van der Waals surface area contributed by atoms with Gasteiger partial charge in [-0.3, -0.25) is 9.59 Å². The highest BCUT2D eigenvalue weighted by atomic mass is 16.6. The molecule has 0 radical (unpaired) electrons. The minimum Gasteiger partial charge on any atom is -0.486 e. The molecule has 2 N–H and O–H groups in total. The molecular weight excluding hydrogens is 296 g/mol. The first-order valence-corrected chi connectivity index (χ1v) is 8.15. The zero-order valence-electron chi connectivity index (χ0n) is 13.3. The number of rotatable bonds is 2. The van der Waals surface area contributed by atoms with Gasteiger partial charge in [0.25, 0.3) is 0 Å². The lowest BCUT2D eigenvalue weighted by Crippen LogP contribution is -2.45. The molecule has 6 heteroatoms. The van der Waals surface area contributed by atoms with E-state index in [-0.39, 0.29) is 6.04 Å². The van der Waals surface area contributed by atoms with Crippen molar-refractivity contribution in [2.75, 3.05) is 18.5 Å². The monoisotopic (exact) mass is 318 g/mol. The summed E-state index contributed by atoms with van der Waals surface area (Å²) in [5, 5.41) is 5.45. The Hall–Kier alpha value is -2.24. The molecule has 1 saturated carbocycles. The number of amides is 2. The number of benzene rings is 1. The van der Waals surface area contributed by atoms with Gasteiger partial charge in [0.15, 0.2) is 11.5 Å². The molecule has 124 valence electrons. The standard InChI is InChI=1S/C17H22N2O4/c1-11-4-2-3-5-13(11)19-17(21)16(20)18-12-6-7-14-15(10-12)23-9-8-22-14/h6-7,10-11,13H,2-5,8-9H2,1H3,(H,18,20)(H,19,21). The largest absolute Gasteiger partial charge is 0.486 e. The summed E-state index contributed by atoms with van der Waals surface area (Å²) in [5.74, 6) is 0.401. The molecular formula is C17H22N2O4. The Morgan fingerprint density at radius 2 is 1.78 bits per heavy atom. The van der Waals surface area contributed by atoms with E-state index in [0.29, 0.717) is 36.3 Å². The fourth-order valence-corrected chi connectivity index (χ4v) is 3.07. The lowest BCUT2D eigenvalue weighted by Gasteiger charge is -2.29. The second-order valence-electron chi connectivity index (χ2n) is 6.15. The van der Waals surface area contributed by atoms with Crippen LogP contribution in [-0.4, -0.2) is 31.1 Å². The van der Waals surface area contributed by atoms with E-state index in [4.69, 9.17) is 9.47 Å². The molecule has 0 aromatic heterocycles. The van der Waals surface area contributed by atoms with E-state index in [1.54, 1.807) is 18.2 Å². The number of carbonyl (C=O) groups excluding carboxylic acids is 2. The molecule has 0 spiro atoms. The SMILES string of the molecule is CC1CCCCC1NC(=O)C(=O)Nc1ccc2c(c1)OCCO2. The number of ether oxygens (including phenoxy) is 2. The Morgan fingerprint density at radius 3 is 2.57 bits per heavy atom. The maximum atomic E-state index is 12.1. The summed E-state index contributed by atoms with van der Waals surface area (Å²) in [5.41, 5.74) is 0.520. The van der Waals surface area contributed by atoms with Gasteiger partial charge in [0, 0.05) is 17.8 Å². The first kappa shape index (κ1) is 15.6. The third-order valence-electron chi connectivity index (χ3n) is 4.43. The summed E-state index contributed by atoms with van der Waals surface area (Å²) in [6.07, 6.45) is 4.31. The number of nitrogens with one attached hydrogen (secondary N) is 2. The van der Waals surface area contributed by atoms with E-state index in [0.717, 1.165) is 19.3 Å². The molecule has 1 heterocycles. The molecule has 23 heavy (non-hydrogen) atoms. The molecule has 1 aliphatic carbocycles. The van der Waals surface area contributed by atoms with Crippen LogP contribution in [-0.2, 0) is 9.59 Å². The molecule has 2 unspecified atom stereocenters. The van der Waals surface area contributed by atoms with Crippen molar-refractivity contribution in [3.63, 3.8) is 0 Å². The van der Waals surface area contributed by atoms with Crippen molar-refractivity contribution in [1.82, 2.24) is 5.32 Å². The van der Waals surface area contributed by atoms with Gasteiger partial charge in [-0.05, 0) is 30.9 Å². The van der Waals surface area contributed by atoms with Crippen LogP contribution in [0.25, 0.3) is 0 Å². The van der Waals surface area contributed by atoms with Gasteiger partial charge >= 0.3 is 11.8 Å². The molecule has 0 bridgehead atoms. The molecule has 1 fully saturated rings. The highest BCUT2D eigenvalue weighted by molar-refractivity contribution is 6.39. The summed E-state index contributed by atoms with van der Waals surface area (Å²) in [4.78, 5) is 24.1. The Morgan fingerprint density at radius 1 is 1.04 bits per heavy atom. The Balaban J connectivity index is 1.58. The molecule has 0 saturated heterocycles. The van der Waals surface area contributed by atoms with Crippen molar-refractivity contribution in [3.8, 4) is 11.5 Å². The van der Waals surface area contributed by atoms with E-state index in [2.05, 4.69) is 17.6 Å². The van der Waals surface area contributed by atoms with Crippen LogP contribution in [0.1, 0.15) is 32.6 Å². The minimum atomic E-state index is -0.653. The number of fused-ring (bicyclic) bond motifs is 1. The summed E-state index contributed by atoms with van der Waals surface area (Å²) in [6.45, 7) is 3.11. The topological polar surface area (TPSA) is 76.7 Å². The molecule has 6 nitrogen and oxygen atoms in total. The van der Waals surface area contributed by atoms with Crippen molar-refractivity contribution in [2.45, 2.75) is 38.6 Å². The molecule has 2 aliphatic rings. The maximum Gasteiger partial charge on any atom is 0.313 e. The van der Waals surface area contributed by atoms with Crippen LogP contribution in [0.4, 0.5) is 5.69 Å². The average Bonchev–Trinajstić information content (AvgIpc) is 2.56. The third-order valence-corrected chi connectivity index (χ3v) is 4.43. The van der Waals surface area contributed by atoms with Crippen LogP contribution in [0.5, 0.6) is 11.5 Å². The predicted molar refractivity (Wildman–Crippen MR) is 85.6 cm³/mol. The number of hydrogen-bond donors (Lipinski definition) is 2. The highest BCUT2D eigenvalue weighted by Crippen LogP contribution is 2.32. The highest BCUT2D eigenvalue weighted by Gasteiger charge is 2.25. The second kappa shape index (κ2) is 6.89. The summed E-state index contributed by atoms with van der Waals surface area (Å²) in [7, 11) is 0. The second-order valence-corrected chi connectivity index (χ2v) is 6.15. The van der Waals surface area contributed by atoms with Gasteiger partial charge in [0.05, 0.1) is 0 Å². The van der Waals surface area contributed by atoms with Gasteiger partial charge in [-0.15, -0.1) is 0 Å². The number of hydrogen-bond acceptors (Lipinski definition) is 4. The quantitative estimate of drug-likeness (QED) is 0.819. The lowest BCUT2D eigenvalue weighted by molar-refractivity contribution is -0.137. The first-order valence-electron chi connectivity index (χ1n) is 8.15. The predicted octanol–water partition coefficient (Wildman–Crippen LogP) is 2.09. The van der Waals surface area contributed by atoms with Crippen LogP contribution in [0.15, 0.2) is 18.2 Å². The van der Waals surface area contributed by atoms with Crippen LogP contribution < -0.4 is 20.1 Å². The fourth-order valence-electron chi connectivity index (χ4n) is 3.07. The smallest absolute Gasteiger partial charge is 0.313 e. The molecule has 1 aliphatic heterocycles. The zero-order chi connectivity index (χ0) is 16.2. The molecule has 1 aromatic rings. The first-order chi connectivity index (χ1) is 11.1. The van der Waals surface area contributed by atoms with Crippen molar-refractivity contribution < 1.29 is 19.1 Å². The third kappa shape index (κ3) is 3.75. The molecule has 2 amide bonds. The Labute approximate surface area is 135 Å². The van der Waals surface area contributed by atoms with Gasteiger partial charge in [-0.2, -0.15) is 0 Å². The summed E-state index contributed by atoms with van der Waals surface area (Å²) >= 11 is 0. The summed E-state index contributed by atoms with van der Waals surface area (Å²) in [6, 6.07) is 5.18. The number of carbonyl (C=O) groups is 2. The lowest BCUT2D eigenvalue weighted by atomic mass is 9.86. The van der Waals surface area contributed by atoms with Crippen molar-refractivity contribution >= 4 is 17.5 Å². The van der Waals surface area contributed by atoms with Gasteiger partial charge in [-0.25, -0.2) is 0 Å². The van der Waals surface area contributed by atoms with Crippen LogP contribution in [0.2, 0.25) is 0 Å². The van der Waals surface area contributed by atoms with Crippen molar-refractivity contribution in [2.24, 2.45) is 5.92 Å². The van der Waals surface area contributed by atoms with E-state index in [1.807, 2.05) is 0 Å². The van der Waals surface area contributed by atoms with E-state index < -0.39 is 11.8 Å².